The zero-order chi connectivity index (χ0) is 13.7. The predicted molar refractivity (Wildman–Crippen MR) is 78.9 cm³/mol. The van der Waals surface area contributed by atoms with Crippen LogP contribution >= 0.6 is 0 Å². The molecule has 0 amide bonds. The van der Waals surface area contributed by atoms with Gasteiger partial charge in [-0.2, -0.15) is 0 Å². The highest BCUT2D eigenvalue weighted by atomic mass is 16.5. The quantitative estimate of drug-likeness (QED) is 0.828. The van der Waals surface area contributed by atoms with Gasteiger partial charge in [-0.1, -0.05) is 31.2 Å². The second kappa shape index (κ2) is 7.04. The Hall–Kier alpha value is -0.900. The number of nitrogens with one attached hydrogen (secondary N) is 1. The third-order valence-corrected chi connectivity index (χ3v) is 4.03. The molecule has 1 aromatic carbocycles. The van der Waals surface area contributed by atoms with Gasteiger partial charge in [0.1, 0.15) is 0 Å². The highest BCUT2D eigenvalue weighted by Crippen LogP contribution is 2.27. The first-order valence-electron chi connectivity index (χ1n) is 7.26. The van der Waals surface area contributed by atoms with E-state index in [9.17, 15) is 0 Å². The number of hydrogen-bond acceptors (Lipinski definition) is 3. The lowest BCUT2D eigenvalue weighted by Crippen LogP contribution is -2.35. The number of hydrogen-bond donors (Lipinski definition) is 2. The van der Waals surface area contributed by atoms with Crippen LogP contribution in [0.4, 0.5) is 0 Å². The van der Waals surface area contributed by atoms with Crippen LogP contribution in [-0.4, -0.2) is 19.7 Å². The Labute approximate surface area is 116 Å². The number of nitrogens with two attached hydrogens (primary N) is 1. The van der Waals surface area contributed by atoms with Gasteiger partial charge in [0.15, 0.2) is 0 Å². The van der Waals surface area contributed by atoms with E-state index in [0.29, 0.717) is 19.2 Å². The predicted octanol–water partition coefficient (Wildman–Crippen LogP) is 2.61. The van der Waals surface area contributed by atoms with Crippen molar-refractivity contribution < 1.29 is 4.74 Å². The molecular formula is C16H26N2O. The Morgan fingerprint density at radius 2 is 2.26 bits per heavy atom. The van der Waals surface area contributed by atoms with Crippen LogP contribution in [0.5, 0.6) is 0 Å². The second-order valence-corrected chi connectivity index (χ2v) is 5.75. The summed E-state index contributed by atoms with van der Waals surface area (Å²) in [4.78, 5) is 0. The average molecular weight is 262 g/mol. The van der Waals surface area contributed by atoms with E-state index >= 15 is 0 Å². The van der Waals surface area contributed by atoms with Gasteiger partial charge in [-0.15, -0.1) is 0 Å². The number of benzene rings is 1. The Bertz CT molecular complexity index is 394. The number of rotatable bonds is 6. The minimum absolute atomic E-state index is 0.257. The molecule has 3 atom stereocenters. The van der Waals surface area contributed by atoms with Crippen molar-refractivity contribution in [3.05, 3.63) is 35.4 Å². The van der Waals surface area contributed by atoms with Gasteiger partial charge in [0.05, 0.1) is 6.61 Å². The van der Waals surface area contributed by atoms with Crippen molar-refractivity contribution in [3.8, 4) is 0 Å². The Kier molecular flexibility index (Phi) is 5.37. The Balaban J connectivity index is 2.02. The molecule has 0 spiro atoms. The molecule has 1 aliphatic rings. The van der Waals surface area contributed by atoms with E-state index in [0.717, 1.165) is 5.92 Å². The fourth-order valence-corrected chi connectivity index (χ4v) is 3.01. The first-order valence-corrected chi connectivity index (χ1v) is 7.26. The molecule has 1 aromatic rings. The summed E-state index contributed by atoms with van der Waals surface area (Å²) in [6.07, 6.45) is 3.88. The van der Waals surface area contributed by atoms with E-state index in [1.54, 1.807) is 7.11 Å². The third-order valence-electron chi connectivity index (χ3n) is 4.03. The highest BCUT2D eigenvalue weighted by Gasteiger charge is 2.23. The molecule has 3 unspecified atom stereocenters. The van der Waals surface area contributed by atoms with Crippen molar-refractivity contribution in [3.63, 3.8) is 0 Å². The normalized spacial score (nSPS) is 24.6. The van der Waals surface area contributed by atoms with Crippen LogP contribution in [-0.2, 0) is 11.3 Å². The fourth-order valence-electron chi connectivity index (χ4n) is 3.01. The largest absolute Gasteiger partial charge is 0.380 e. The van der Waals surface area contributed by atoms with Gasteiger partial charge in [-0.3, -0.25) is 0 Å². The van der Waals surface area contributed by atoms with Crippen molar-refractivity contribution in [1.29, 1.82) is 0 Å². The maximum Gasteiger partial charge on any atom is 0.0713 e. The van der Waals surface area contributed by atoms with E-state index in [-0.39, 0.29) is 6.04 Å². The van der Waals surface area contributed by atoms with Crippen LogP contribution in [0.2, 0.25) is 0 Å². The molecule has 1 saturated carbocycles. The highest BCUT2D eigenvalue weighted by molar-refractivity contribution is 5.26. The Morgan fingerprint density at radius 1 is 1.42 bits per heavy atom. The van der Waals surface area contributed by atoms with Gasteiger partial charge in [0.25, 0.3) is 0 Å². The zero-order valence-corrected chi connectivity index (χ0v) is 12.1. The standard InChI is InChI=1S/C16H26N2O/c1-12-6-7-15(8-12)18-16(10-17)14-5-3-4-13(9-14)11-19-2/h3-5,9,12,15-16,18H,6-8,10-11,17H2,1-2H3. The SMILES string of the molecule is COCc1cccc(C(CN)NC2CCC(C)C2)c1. The van der Waals surface area contributed by atoms with Crippen molar-refractivity contribution in [2.45, 2.75) is 44.9 Å². The van der Waals surface area contributed by atoms with Gasteiger partial charge in [0, 0.05) is 25.7 Å². The lowest BCUT2D eigenvalue weighted by Gasteiger charge is -2.22. The molecule has 1 aliphatic carbocycles. The molecule has 3 heteroatoms. The maximum atomic E-state index is 5.95. The average Bonchev–Trinajstić information content (AvgIpc) is 2.82. The lowest BCUT2D eigenvalue weighted by molar-refractivity contribution is 0.185. The summed E-state index contributed by atoms with van der Waals surface area (Å²) in [6, 6.07) is 9.42. The van der Waals surface area contributed by atoms with Crippen molar-refractivity contribution in [2.75, 3.05) is 13.7 Å². The molecule has 0 heterocycles. The fraction of sp³-hybridized carbons (Fsp3) is 0.625. The summed E-state index contributed by atoms with van der Waals surface area (Å²) in [7, 11) is 1.73. The lowest BCUT2D eigenvalue weighted by atomic mass is 10.0. The van der Waals surface area contributed by atoms with Gasteiger partial charge < -0.3 is 15.8 Å². The molecule has 2 rings (SSSR count). The first kappa shape index (κ1) is 14.5. The molecule has 3 N–H and O–H groups in total. The van der Waals surface area contributed by atoms with E-state index < -0.39 is 0 Å². The molecule has 1 fully saturated rings. The van der Waals surface area contributed by atoms with Crippen LogP contribution in [0.1, 0.15) is 43.4 Å². The molecule has 0 bridgehead atoms. The van der Waals surface area contributed by atoms with Crippen LogP contribution in [0.3, 0.4) is 0 Å². The van der Waals surface area contributed by atoms with Crippen molar-refractivity contribution in [2.24, 2.45) is 11.7 Å². The molecule has 0 saturated heterocycles. The zero-order valence-electron chi connectivity index (χ0n) is 12.1. The van der Waals surface area contributed by atoms with Crippen LogP contribution < -0.4 is 11.1 Å². The summed E-state index contributed by atoms with van der Waals surface area (Å²) < 4.78 is 5.19. The molecule has 0 radical (unpaired) electrons. The topological polar surface area (TPSA) is 47.3 Å². The summed E-state index contributed by atoms with van der Waals surface area (Å²) in [6.45, 7) is 3.63. The van der Waals surface area contributed by atoms with Gasteiger partial charge >= 0.3 is 0 Å². The van der Waals surface area contributed by atoms with Gasteiger partial charge in [-0.05, 0) is 36.3 Å². The van der Waals surface area contributed by atoms with Crippen molar-refractivity contribution >= 4 is 0 Å². The molecular weight excluding hydrogens is 236 g/mol. The Morgan fingerprint density at radius 3 is 2.89 bits per heavy atom. The molecule has 3 nitrogen and oxygen atoms in total. The molecule has 0 aliphatic heterocycles. The molecule has 19 heavy (non-hydrogen) atoms. The minimum atomic E-state index is 0.257. The van der Waals surface area contributed by atoms with Crippen LogP contribution in [0, 0.1) is 5.92 Å². The number of methoxy groups -OCH3 is 1. The van der Waals surface area contributed by atoms with E-state index in [1.165, 1.54) is 30.4 Å². The minimum Gasteiger partial charge on any atom is -0.380 e. The summed E-state index contributed by atoms with van der Waals surface area (Å²) in [5.74, 6) is 0.843. The monoisotopic (exact) mass is 262 g/mol. The van der Waals surface area contributed by atoms with Crippen LogP contribution in [0.25, 0.3) is 0 Å². The first-order chi connectivity index (χ1) is 9.22. The van der Waals surface area contributed by atoms with Crippen LogP contribution in [0.15, 0.2) is 24.3 Å². The van der Waals surface area contributed by atoms with E-state index in [4.69, 9.17) is 10.5 Å². The maximum absolute atomic E-state index is 5.95. The number of ether oxygens (including phenoxy) is 1. The summed E-state index contributed by atoms with van der Waals surface area (Å²) in [5, 5.41) is 3.72. The summed E-state index contributed by atoms with van der Waals surface area (Å²) >= 11 is 0. The van der Waals surface area contributed by atoms with Crippen molar-refractivity contribution in [1.82, 2.24) is 5.32 Å². The smallest absolute Gasteiger partial charge is 0.0713 e. The second-order valence-electron chi connectivity index (χ2n) is 5.75. The van der Waals surface area contributed by atoms with Gasteiger partial charge in [0.2, 0.25) is 0 Å². The molecule has 106 valence electrons. The van der Waals surface area contributed by atoms with Gasteiger partial charge in [-0.25, -0.2) is 0 Å². The third kappa shape index (κ3) is 4.03. The summed E-state index contributed by atoms with van der Waals surface area (Å²) in [5.41, 5.74) is 8.43. The van der Waals surface area contributed by atoms with E-state index in [1.807, 2.05) is 0 Å². The molecule has 0 aromatic heterocycles. The van der Waals surface area contributed by atoms with E-state index in [2.05, 4.69) is 36.5 Å².